The summed E-state index contributed by atoms with van der Waals surface area (Å²) in [4.78, 5) is 109. The fraction of sp³-hybridized carbons (Fsp3) is 0.567. The molecule has 77 heavy (non-hydrogen) atoms. The molecule has 0 aliphatic carbocycles. The SMILES string of the molecule is C.C.CC(C)C[C@@H](NC(=O)[C@H](CC(=O)[C@H](N)Cc1ccccc1)Cc1ccccc1)C(=O)C[C@H](CCCN)C(=O)NCCCC[C@H](NC(=O)[C@@H](CCCN)CC(=O)[C@@H](CC(C)C)NC(=O)[C@H](N)Cc1ccccc1)C(=O)O. The first-order valence-electron chi connectivity index (χ1n) is 26.8. The highest BCUT2D eigenvalue weighted by Crippen LogP contribution is 2.21. The van der Waals surface area contributed by atoms with E-state index in [4.69, 9.17) is 22.9 Å². The molecule has 0 radical (unpaired) electrons. The Labute approximate surface area is 459 Å². The number of hydrogen-bond donors (Lipinski definition) is 9. The summed E-state index contributed by atoms with van der Waals surface area (Å²) in [6.45, 7) is 8.37. The number of nitrogens with two attached hydrogens (primary N) is 4. The lowest BCUT2D eigenvalue weighted by molar-refractivity contribution is -0.143. The Morgan fingerprint density at radius 3 is 1.29 bits per heavy atom. The van der Waals surface area contributed by atoms with Gasteiger partial charge in [0.15, 0.2) is 17.3 Å². The topological polar surface area (TPSA) is 309 Å². The van der Waals surface area contributed by atoms with Gasteiger partial charge < -0.3 is 49.3 Å². The number of hydrogen-bond acceptors (Lipinski definition) is 12. The monoisotopic (exact) mass is 1070 g/mol. The molecule has 3 aromatic carbocycles. The molecule has 0 aliphatic rings. The molecule has 3 aromatic rings. The Morgan fingerprint density at radius 2 is 0.844 bits per heavy atom. The smallest absolute Gasteiger partial charge is 0.326 e. The van der Waals surface area contributed by atoms with Crippen molar-refractivity contribution in [1.29, 1.82) is 0 Å². The third-order valence-corrected chi connectivity index (χ3v) is 13.3. The molecule has 13 N–H and O–H groups in total. The Morgan fingerprint density at radius 1 is 0.455 bits per heavy atom. The van der Waals surface area contributed by atoms with Gasteiger partial charge in [0.25, 0.3) is 0 Å². The Kier molecular flexibility index (Phi) is 33.6. The highest BCUT2D eigenvalue weighted by Gasteiger charge is 2.34. The molecule has 17 nitrogen and oxygen atoms in total. The highest BCUT2D eigenvalue weighted by atomic mass is 16.4. The van der Waals surface area contributed by atoms with E-state index in [1.807, 2.05) is 119 Å². The average molecular weight is 1070 g/mol. The standard InChI is InChI=1S/C58H86N8O9.2CH4/c1-38(2)30-49(65-56(72)45(32-40-18-8-5-9-19-40)37-51(67)46(61)33-41-20-10-6-11-21-41)52(68)35-43(24-16-27-59)54(70)63-29-15-14-26-48(58(74)75)64-55(71)44(25-17-28-60)36-53(69)50(31-39(3)4)66-57(73)47(62)34-42-22-12-7-13-23-42;;/h5-13,18-23,38-39,43-50H,14-17,24-37,59-62H2,1-4H3,(H,63,70)(H,64,71)(H,65,72)(H,66,73)(H,74,75);2*1H4/t43-,44-,45-,46+,47+,48-,49+,50+;;/m0../s1. The number of benzene rings is 3. The quantitative estimate of drug-likeness (QED) is 0.0309. The van der Waals surface area contributed by atoms with Crippen molar-refractivity contribution in [2.45, 2.75) is 169 Å². The van der Waals surface area contributed by atoms with E-state index in [2.05, 4.69) is 21.3 Å². The maximum atomic E-state index is 14.1. The molecule has 0 aliphatic heterocycles. The van der Waals surface area contributed by atoms with Crippen molar-refractivity contribution >= 4 is 46.9 Å². The van der Waals surface area contributed by atoms with Gasteiger partial charge in [-0.15, -0.1) is 0 Å². The van der Waals surface area contributed by atoms with Crippen molar-refractivity contribution < 1.29 is 43.5 Å². The fourth-order valence-electron chi connectivity index (χ4n) is 9.07. The summed E-state index contributed by atoms with van der Waals surface area (Å²) in [6.07, 6.45) is 3.02. The maximum absolute atomic E-state index is 14.1. The summed E-state index contributed by atoms with van der Waals surface area (Å²) in [5.74, 6) is -6.61. The van der Waals surface area contributed by atoms with E-state index in [1.54, 1.807) is 0 Å². The zero-order valence-corrected chi connectivity index (χ0v) is 44.7. The first-order valence-corrected chi connectivity index (χ1v) is 26.8. The van der Waals surface area contributed by atoms with Crippen molar-refractivity contribution in [2.75, 3.05) is 19.6 Å². The van der Waals surface area contributed by atoms with Crippen molar-refractivity contribution in [1.82, 2.24) is 21.3 Å². The zero-order chi connectivity index (χ0) is 55.3. The van der Waals surface area contributed by atoms with Gasteiger partial charge in [-0.1, -0.05) is 134 Å². The summed E-state index contributed by atoms with van der Waals surface area (Å²) < 4.78 is 0. The molecule has 0 aromatic heterocycles. The number of carbonyl (C=O) groups excluding carboxylic acids is 7. The predicted octanol–water partition coefficient (Wildman–Crippen LogP) is 5.76. The minimum Gasteiger partial charge on any atom is -0.480 e. The lowest BCUT2D eigenvalue weighted by Gasteiger charge is -2.25. The molecule has 0 saturated carbocycles. The van der Waals surface area contributed by atoms with Crippen LogP contribution in [0.25, 0.3) is 0 Å². The van der Waals surface area contributed by atoms with E-state index < -0.39 is 71.7 Å². The molecular formula is C60H94N8O9. The number of carbonyl (C=O) groups is 8. The minimum atomic E-state index is -1.29. The second kappa shape index (κ2) is 37.6. The molecule has 17 heteroatoms. The Hall–Kier alpha value is -6.14. The van der Waals surface area contributed by atoms with Gasteiger partial charge in [0, 0.05) is 43.6 Å². The molecule has 428 valence electrons. The lowest BCUT2D eigenvalue weighted by Crippen LogP contribution is -2.50. The Balaban J connectivity index is 0.0000148. The first kappa shape index (κ1) is 68.9. The first-order chi connectivity index (χ1) is 35.8. The summed E-state index contributed by atoms with van der Waals surface area (Å²) in [5, 5.41) is 21.4. The van der Waals surface area contributed by atoms with Crippen LogP contribution in [-0.2, 0) is 57.6 Å². The highest BCUT2D eigenvalue weighted by molar-refractivity contribution is 5.96. The molecule has 4 amide bonds. The summed E-state index contributed by atoms with van der Waals surface area (Å²) in [7, 11) is 0. The van der Waals surface area contributed by atoms with E-state index >= 15 is 0 Å². The zero-order valence-electron chi connectivity index (χ0n) is 44.7. The van der Waals surface area contributed by atoms with E-state index in [-0.39, 0.29) is 115 Å². The number of unbranched alkanes of at least 4 members (excludes halogenated alkanes) is 1. The van der Waals surface area contributed by atoms with Crippen LogP contribution in [0.2, 0.25) is 0 Å². The van der Waals surface area contributed by atoms with Crippen molar-refractivity contribution in [2.24, 2.45) is 52.5 Å². The van der Waals surface area contributed by atoms with Gasteiger partial charge in [0.2, 0.25) is 23.6 Å². The van der Waals surface area contributed by atoms with E-state index in [0.29, 0.717) is 51.4 Å². The molecule has 0 fully saturated rings. The van der Waals surface area contributed by atoms with Crippen LogP contribution < -0.4 is 44.2 Å². The predicted molar refractivity (Wildman–Crippen MR) is 305 cm³/mol. The molecular weight excluding hydrogens is 977 g/mol. The third kappa shape index (κ3) is 26.7. The largest absolute Gasteiger partial charge is 0.480 e. The van der Waals surface area contributed by atoms with Crippen LogP contribution in [0, 0.1) is 29.6 Å². The van der Waals surface area contributed by atoms with Gasteiger partial charge in [-0.3, -0.25) is 33.6 Å². The minimum absolute atomic E-state index is 0. The average Bonchev–Trinajstić information content (AvgIpc) is 3.37. The van der Waals surface area contributed by atoms with Gasteiger partial charge in [0.1, 0.15) is 6.04 Å². The lowest BCUT2D eigenvalue weighted by atomic mass is 9.88. The van der Waals surface area contributed by atoms with Gasteiger partial charge >= 0.3 is 5.97 Å². The van der Waals surface area contributed by atoms with Crippen LogP contribution in [0.1, 0.15) is 136 Å². The molecule has 0 heterocycles. The van der Waals surface area contributed by atoms with Gasteiger partial charge in [0.05, 0.1) is 24.2 Å². The third-order valence-electron chi connectivity index (χ3n) is 13.3. The normalized spacial score (nSPS) is 14.2. The van der Waals surface area contributed by atoms with Crippen LogP contribution in [0.3, 0.4) is 0 Å². The fourth-order valence-corrected chi connectivity index (χ4v) is 9.07. The van der Waals surface area contributed by atoms with Crippen LogP contribution in [-0.4, -0.2) is 102 Å². The number of Topliss-reactive ketones (excluding diaryl/α,β-unsaturated/α-hetero) is 3. The second-order valence-electron chi connectivity index (χ2n) is 20.8. The van der Waals surface area contributed by atoms with Crippen LogP contribution in [0.15, 0.2) is 91.0 Å². The van der Waals surface area contributed by atoms with E-state index in [0.717, 1.165) is 16.7 Å². The summed E-state index contributed by atoms with van der Waals surface area (Å²) >= 11 is 0. The number of rotatable bonds is 38. The number of carboxylic acids is 1. The Bertz CT molecular complexity index is 2230. The van der Waals surface area contributed by atoms with Gasteiger partial charge in [-0.2, -0.15) is 0 Å². The maximum Gasteiger partial charge on any atom is 0.326 e. The molecule has 3 rings (SSSR count). The number of ketones is 3. The number of aliphatic carboxylic acids is 1. The number of carboxylic acid groups (broad SMARTS) is 1. The van der Waals surface area contributed by atoms with Crippen molar-refractivity contribution in [3.05, 3.63) is 108 Å². The molecule has 0 saturated heterocycles. The molecule has 0 unspecified atom stereocenters. The second-order valence-corrected chi connectivity index (χ2v) is 20.8. The summed E-state index contributed by atoms with van der Waals surface area (Å²) in [6, 6.07) is 23.1. The van der Waals surface area contributed by atoms with E-state index in [1.165, 1.54) is 0 Å². The van der Waals surface area contributed by atoms with Crippen molar-refractivity contribution in [3.63, 3.8) is 0 Å². The molecule has 8 atom stereocenters. The van der Waals surface area contributed by atoms with Crippen LogP contribution >= 0.6 is 0 Å². The van der Waals surface area contributed by atoms with Gasteiger partial charge in [-0.25, -0.2) is 4.79 Å². The van der Waals surface area contributed by atoms with Crippen LogP contribution in [0.4, 0.5) is 0 Å². The summed E-state index contributed by atoms with van der Waals surface area (Å²) in [5.41, 5.74) is 26.8. The molecule has 0 spiro atoms. The van der Waals surface area contributed by atoms with E-state index in [9.17, 15) is 43.5 Å². The molecule has 0 bridgehead atoms. The number of amides is 4. The van der Waals surface area contributed by atoms with Crippen molar-refractivity contribution in [3.8, 4) is 0 Å². The van der Waals surface area contributed by atoms with Gasteiger partial charge in [-0.05, 0) is 119 Å². The number of nitrogens with one attached hydrogen (secondary N) is 4. The van der Waals surface area contributed by atoms with Crippen LogP contribution in [0.5, 0.6) is 0 Å².